The molecule has 1 amide bonds. The Balaban J connectivity index is 0.00000192. The maximum Gasteiger partial charge on any atom is 0.253 e. The molecule has 0 bridgehead atoms. The molecule has 0 aliphatic rings. The van der Waals surface area contributed by atoms with Gasteiger partial charge < -0.3 is 16.0 Å². The van der Waals surface area contributed by atoms with Crippen molar-refractivity contribution in [2.45, 2.75) is 0 Å². The lowest BCUT2D eigenvalue weighted by atomic mass is 10.1. The Morgan fingerprint density at radius 2 is 1.96 bits per heavy atom. The van der Waals surface area contributed by atoms with Crippen molar-refractivity contribution in [3.63, 3.8) is 0 Å². The van der Waals surface area contributed by atoms with Crippen LogP contribution in [0.15, 0.2) is 48.7 Å². The fourth-order valence-corrected chi connectivity index (χ4v) is 2.26. The molecule has 3 aromatic rings. The quantitative estimate of drug-likeness (QED) is 0.687. The van der Waals surface area contributed by atoms with Crippen LogP contribution in [-0.2, 0) is 0 Å². The standard InChI is InChI=1S/C16H15N5O.ClH/c1-18-15(22)11-9-13(12-7-8-19-16(17)21-12)20-14(11)10-5-3-2-4-6-10;/h2-9,20H,1H3,(H,18,22)(H2,17,19,21);1H. The lowest BCUT2D eigenvalue weighted by Gasteiger charge is -2.02. The highest BCUT2D eigenvalue weighted by molar-refractivity contribution is 6.01. The Kier molecular flexibility index (Phi) is 4.98. The van der Waals surface area contributed by atoms with Crippen molar-refractivity contribution in [1.82, 2.24) is 20.3 Å². The average molecular weight is 330 g/mol. The summed E-state index contributed by atoms with van der Waals surface area (Å²) in [6.07, 6.45) is 1.58. The van der Waals surface area contributed by atoms with E-state index >= 15 is 0 Å². The molecule has 3 rings (SSSR count). The summed E-state index contributed by atoms with van der Waals surface area (Å²) in [4.78, 5) is 23.4. The number of rotatable bonds is 3. The molecule has 6 nitrogen and oxygen atoms in total. The first-order valence-corrected chi connectivity index (χ1v) is 6.78. The van der Waals surface area contributed by atoms with E-state index in [2.05, 4.69) is 20.3 Å². The molecule has 0 spiro atoms. The minimum atomic E-state index is -0.164. The highest BCUT2D eigenvalue weighted by atomic mass is 35.5. The molecule has 118 valence electrons. The predicted molar refractivity (Wildman–Crippen MR) is 92.3 cm³/mol. The fraction of sp³-hybridized carbons (Fsp3) is 0.0625. The third kappa shape index (κ3) is 3.32. The molecule has 0 unspecified atom stereocenters. The number of halogens is 1. The van der Waals surface area contributed by atoms with Crippen molar-refractivity contribution >= 4 is 24.3 Å². The molecule has 1 aromatic carbocycles. The minimum absolute atomic E-state index is 0. The van der Waals surface area contributed by atoms with E-state index in [1.807, 2.05) is 30.3 Å². The number of nitrogen functional groups attached to an aromatic ring is 1. The topological polar surface area (TPSA) is 96.7 Å². The maximum atomic E-state index is 12.1. The highest BCUT2D eigenvalue weighted by Crippen LogP contribution is 2.28. The Hall–Kier alpha value is -2.86. The summed E-state index contributed by atoms with van der Waals surface area (Å²) in [6, 6.07) is 13.2. The zero-order chi connectivity index (χ0) is 15.5. The van der Waals surface area contributed by atoms with Crippen molar-refractivity contribution in [2.24, 2.45) is 0 Å². The van der Waals surface area contributed by atoms with E-state index in [-0.39, 0.29) is 24.3 Å². The number of anilines is 1. The number of nitrogens with one attached hydrogen (secondary N) is 2. The number of aromatic nitrogens is 3. The maximum absolute atomic E-state index is 12.1. The Morgan fingerprint density at radius 3 is 2.61 bits per heavy atom. The van der Waals surface area contributed by atoms with Crippen molar-refractivity contribution < 1.29 is 4.79 Å². The van der Waals surface area contributed by atoms with Gasteiger partial charge in [0.1, 0.15) is 0 Å². The van der Waals surface area contributed by atoms with Gasteiger partial charge in [-0.15, -0.1) is 12.4 Å². The molecule has 2 aromatic heterocycles. The summed E-state index contributed by atoms with van der Waals surface area (Å²) in [5.41, 5.74) is 9.20. The largest absolute Gasteiger partial charge is 0.368 e. The molecule has 0 saturated carbocycles. The van der Waals surface area contributed by atoms with Gasteiger partial charge in [0.15, 0.2) is 0 Å². The van der Waals surface area contributed by atoms with Gasteiger partial charge in [0.05, 0.1) is 22.6 Å². The van der Waals surface area contributed by atoms with Crippen molar-refractivity contribution in [3.05, 3.63) is 54.2 Å². The zero-order valence-corrected chi connectivity index (χ0v) is 13.2. The minimum Gasteiger partial charge on any atom is -0.368 e. The summed E-state index contributed by atoms with van der Waals surface area (Å²) < 4.78 is 0. The summed E-state index contributed by atoms with van der Waals surface area (Å²) in [5, 5.41) is 2.65. The van der Waals surface area contributed by atoms with Gasteiger partial charge in [-0.3, -0.25) is 4.79 Å². The number of carbonyl (C=O) groups is 1. The van der Waals surface area contributed by atoms with Crippen molar-refractivity contribution in [1.29, 1.82) is 0 Å². The lowest BCUT2D eigenvalue weighted by molar-refractivity contribution is 0.0964. The molecule has 7 heteroatoms. The number of benzene rings is 1. The van der Waals surface area contributed by atoms with E-state index < -0.39 is 0 Å². The van der Waals surface area contributed by atoms with E-state index in [0.717, 1.165) is 11.3 Å². The lowest BCUT2D eigenvalue weighted by Crippen LogP contribution is -2.17. The second kappa shape index (κ2) is 6.93. The van der Waals surface area contributed by atoms with E-state index in [1.54, 1.807) is 25.4 Å². The number of aromatic amines is 1. The van der Waals surface area contributed by atoms with Gasteiger partial charge in [0.2, 0.25) is 5.95 Å². The number of H-pyrrole nitrogens is 1. The number of amides is 1. The third-order valence-corrected chi connectivity index (χ3v) is 3.30. The fourth-order valence-electron chi connectivity index (χ4n) is 2.26. The second-order valence-electron chi connectivity index (χ2n) is 4.72. The van der Waals surface area contributed by atoms with Gasteiger partial charge in [0.25, 0.3) is 5.91 Å². The molecular weight excluding hydrogens is 314 g/mol. The molecule has 2 heterocycles. The van der Waals surface area contributed by atoms with Crippen LogP contribution in [-0.4, -0.2) is 27.9 Å². The van der Waals surface area contributed by atoms with Crippen LogP contribution in [0.2, 0.25) is 0 Å². The van der Waals surface area contributed by atoms with E-state index in [4.69, 9.17) is 5.73 Å². The SMILES string of the molecule is CNC(=O)c1cc(-c2ccnc(N)n2)[nH]c1-c1ccccc1.Cl. The number of hydrogen-bond donors (Lipinski definition) is 3. The molecule has 0 aliphatic heterocycles. The van der Waals surface area contributed by atoms with Crippen LogP contribution in [0.3, 0.4) is 0 Å². The Morgan fingerprint density at radius 1 is 1.22 bits per heavy atom. The number of nitrogens with two attached hydrogens (primary N) is 1. The van der Waals surface area contributed by atoms with Crippen LogP contribution in [0, 0.1) is 0 Å². The Bertz CT molecular complexity index is 816. The first kappa shape index (κ1) is 16.5. The van der Waals surface area contributed by atoms with Gasteiger partial charge >= 0.3 is 0 Å². The third-order valence-electron chi connectivity index (χ3n) is 3.30. The van der Waals surface area contributed by atoms with Crippen LogP contribution in [0.1, 0.15) is 10.4 Å². The molecule has 0 saturated heterocycles. The second-order valence-corrected chi connectivity index (χ2v) is 4.72. The van der Waals surface area contributed by atoms with Gasteiger partial charge in [-0.2, -0.15) is 0 Å². The van der Waals surface area contributed by atoms with Crippen LogP contribution in [0.5, 0.6) is 0 Å². The van der Waals surface area contributed by atoms with E-state index in [1.165, 1.54) is 0 Å². The number of carbonyl (C=O) groups excluding carboxylic acids is 1. The normalized spacial score (nSPS) is 9.96. The molecule has 0 aliphatic carbocycles. The summed E-state index contributed by atoms with van der Waals surface area (Å²) in [5.74, 6) is 0.0261. The van der Waals surface area contributed by atoms with Crippen molar-refractivity contribution in [2.75, 3.05) is 12.8 Å². The summed E-state index contributed by atoms with van der Waals surface area (Å²) in [7, 11) is 1.60. The molecule has 23 heavy (non-hydrogen) atoms. The van der Waals surface area contributed by atoms with Crippen LogP contribution < -0.4 is 11.1 Å². The average Bonchev–Trinajstić information content (AvgIpc) is 3.00. The zero-order valence-electron chi connectivity index (χ0n) is 12.4. The number of hydrogen-bond acceptors (Lipinski definition) is 4. The monoisotopic (exact) mass is 329 g/mol. The van der Waals surface area contributed by atoms with Crippen LogP contribution in [0.4, 0.5) is 5.95 Å². The number of nitrogens with zero attached hydrogens (tertiary/aromatic N) is 2. The van der Waals surface area contributed by atoms with Gasteiger partial charge in [0, 0.05) is 13.2 Å². The summed E-state index contributed by atoms with van der Waals surface area (Å²) >= 11 is 0. The molecule has 0 fully saturated rings. The smallest absolute Gasteiger partial charge is 0.253 e. The molecule has 0 atom stereocenters. The molecular formula is C16H16ClN5O. The van der Waals surface area contributed by atoms with E-state index in [0.29, 0.717) is 17.0 Å². The molecule has 4 N–H and O–H groups in total. The molecule has 0 radical (unpaired) electrons. The van der Waals surface area contributed by atoms with Crippen LogP contribution >= 0.6 is 12.4 Å². The predicted octanol–water partition coefficient (Wildman–Crippen LogP) is 2.50. The van der Waals surface area contributed by atoms with Crippen LogP contribution in [0.25, 0.3) is 22.6 Å². The van der Waals surface area contributed by atoms with Gasteiger partial charge in [-0.05, 0) is 17.7 Å². The summed E-state index contributed by atoms with van der Waals surface area (Å²) in [6.45, 7) is 0. The Labute approximate surface area is 139 Å². The highest BCUT2D eigenvalue weighted by Gasteiger charge is 2.17. The van der Waals surface area contributed by atoms with Gasteiger partial charge in [-0.25, -0.2) is 9.97 Å². The first-order chi connectivity index (χ1) is 10.7. The van der Waals surface area contributed by atoms with Gasteiger partial charge in [-0.1, -0.05) is 30.3 Å². The first-order valence-electron chi connectivity index (χ1n) is 6.78. The van der Waals surface area contributed by atoms with Crippen molar-refractivity contribution in [3.8, 4) is 22.6 Å². The van der Waals surface area contributed by atoms with E-state index in [9.17, 15) is 4.79 Å².